The van der Waals surface area contributed by atoms with Gasteiger partial charge >= 0.3 is 0 Å². The number of rotatable bonds is 6. The Bertz CT molecular complexity index is 1340. The fraction of sp³-hybridized carbons (Fsp3) is 0.308. The van der Waals surface area contributed by atoms with E-state index in [2.05, 4.69) is 10.5 Å². The highest BCUT2D eigenvalue weighted by atomic mass is 32.2. The first kappa shape index (κ1) is 23.6. The molecule has 0 unspecified atom stereocenters. The third-order valence-corrected chi connectivity index (χ3v) is 8.52. The Morgan fingerprint density at radius 3 is 2.63 bits per heavy atom. The Morgan fingerprint density at radius 1 is 1.14 bits per heavy atom. The molecule has 1 fully saturated rings. The molecule has 0 bridgehead atoms. The predicted octanol–water partition coefficient (Wildman–Crippen LogP) is 5.68. The number of aryl methyl sites for hydroxylation is 2. The lowest BCUT2D eigenvalue weighted by molar-refractivity contribution is -0.121. The minimum atomic E-state index is -0.104. The fourth-order valence-corrected chi connectivity index (χ4v) is 6.50. The molecule has 1 aliphatic rings. The van der Waals surface area contributed by atoms with Gasteiger partial charge in [-0.05, 0) is 57.0 Å². The van der Waals surface area contributed by atoms with Gasteiger partial charge in [0.05, 0.1) is 15.9 Å². The number of thioether (sulfide) groups is 1. The molecule has 180 valence electrons. The maximum atomic E-state index is 12.9. The molecule has 35 heavy (non-hydrogen) atoms. The molecule has 1 saturated heterocycles. The Kier molecular flexibility index (Phi) is 6.88. The van der Waals surface area contributed by atoms with Crippen LogP contribution in [-0.4, -0.2) is 39.9 Å². The zero-order valence-electron chi connectivity index (χ0n) is 19.6. The maximum absolute atomic E-state index is 12.9. The van der Waals surface area contributed by atoms with Gasteiger partial charge in [-0.1, -0.05) is 35.1 Å². The number of nitrogens with one attached hydrogen (secondary N) is 1. The van der Waals surface area contributed by atoms with Crippen molar-refractivity contribution in [1.82, 2.24) is 15.0 Å². The van der Waals surface area contributed by atoms with Gasteiger partial charge in [-0.2, -0.15) is 0 Å². The topological polar surface area (TPSA) is 88.3 Å². The van der Waals surface area contributed by atoms with Crippen LogP contribution in [0.1, 0.15) is 40.2 Å². The van der Waals surface area contributed by atoms with Crippen LogP contribution in [0.25, 0.3) is 10.2 Å². The fourth-order valence-electron chi connectivity index (χ4n) is 4.24. The Balaban J connectivity index is 1.17. The summed E-state index contributed by atoms with van der Waals surface area (Å²) in [5.74, 6) is 1.54. The smallest absolute Gasteiger partial charge is 0.253 e. The second-order valence-electron chi connectivity index (χ2n) is 8.68. The second kappa shape index (κ2) is 10.2. The molecule has 0 aliphatic carbocycles. The first-order valence-corrected chi connectivity index (χ1v) is 13.4. The third kappa shape index (κ3) is 5.26. The van der Waals surface area contributed by atoms with Crippen LogP contribution < -0.4 is 5.32 Å². The van der Waals surface area contributed by atoms with Crippen LogP contribution in [0.5, 0.6) is 0 Å². The van der Waals surface area contributed by atoms with E-state index in [-0.39, 0.29) is 17.7 Å². The maximum Gasteiger partial charge on any atom is 0.253 e. The summed E-state index contributed by atoms with van der Waals surface area (Å²) in [5.41, 5.74) is 4.41. The molecule has 7 nitrogen and oxygen atoms in total. The van der Waals surface area contributed by atoms with Crippen molar-refractivity contribution < 1.29 is 14.1 Å². The molecule has 2 aromatic heterocycles. The van der Waals surface area contributed by atoms with Crippen LogP contribution in [-0.2, 0) is 10.5 Å². The molecule has 3 heterocycles. The van der Waals surface area contributed by atoms with E-state index < -0.39 is 0 Å². The average Bonchev–Trinajstić information content (AvgIpc) is 3.44. The highest BCUT2D eigenvalue weighted by Gasteiger charge is 2.28. The molecule has 1 N–H and O–H groups in total. The predicted molar refractivity (Wildman–Crippen MR) is 139 cm³/mol. The van der Waals surface area contributed by atoms with E-state index in [9.17, 15) is 9.59 Å². The lowest BCUT2D eigenvalue weighted by Gasteiger charge is -2.31. The van der Waals surface area contributed by atoms with Crippen molar-refractivity contribution in [3.05, 3.63) is 71.1 Å². The number of hydrogen-bond donors (Lipinski definition) is 1. The molecule has 9 heteroatoms. The Morgan fingerprint density at radius 2 is 1.91 bits per heavy atom. The van der Waals surface area contributed by atoms with Crippen LogP contribution in [0.15, 0.2) is 57.4 Å². The summed E-state index contributed by atoms with van der Waals surface area (Å²) in [4.78, 5) is 32.1. The summed E-state index contributed by atoms with van der Waals surface area (Å²) in [6.45, 7) is 5.05. The quantitative estimate of drug-likeness (QED) is 0.338. The molecular weight excluding hydrogens is 480 g/mol. The molecule has 5 rings (SSSR count). The minimum absolute atomic E-state index is 0.00804. The molecule has 0 spiro atoms. The number of fused-ring (bicyclic) bond motifs is 1. The van der Waals surface area contributed by atoms with Gasteiger partial charge in [0, 0.05) is 41.6 Å². The summed E-state index contributed by atoms with van der Waals surface area (Å²) in [5, 5.41) is 7.08. The largest absolute Gasteiger partial charge is 0.361 e. The van der Waals surface area contributed by atoms with Crippen molar-refractivity contribution in [2.24, 2.45) is 5.92 Å². The van der Waals surface area contributed by atoms with E-state index in [1.807, 2.05) is 67.3 Å². The molecule has 0 radical (unpaired) electrons. The lowest BCUT2D eigenvalue weighted by Crippen LogP contribution is -2.41. The number of carbonyl (C=O) groups is 2. The van der Waals surface area contributed by atoms with E-state index in [1.54, 1.807) is 23.1 Å². The molecule has 0 saturated carbocycles. The summed E-state index contributed by atoms with van der Waals surface area (Å²) in [6.07, 6.45) is 1.32. The van der Waals surface area contributed by atoms with Crippen LogP contribution in [0, 0.1) is 19.8 Å². The van der Waals surface area contributed by atoms with E-state index in [0.717, 1.165) is 43.0 Å². The summed E-state index contributed by atoms with van der Waals surface area (Å²) in [6, 6.07) is 15.1. The number of hydrogen-bond acceptors (Lipinski definition) is 7. The van der Waals surface area contributed by atoms with Crippen LogP contribution >= 0.6 is 23.1 Å². The van der Waals surface area contributed by atoms with Gasteiger partial charge in [0.25, 0.3) is 5.91 Å². The molecular formula is C26H26N4O3S2. The zero-order valence-corrected chi connectivity index (χ0v) is 21.2. The number of likely N-dealkylation sites (tertiary alicyclic amines) is 1. The van der Waals surface area contributed by atoms with E-state index in [0.29, 0.717) is 31.5 Å². The van der Waals surface area contributed by atoms with Crippen molar-refractivity contribution >= 4 is 50.8 Å². The van der Waals surface area contributed by atoms with Crippen LogP contribution in [0.2, 0.25) is 0 Å². The van der Waals surface area contributed by atoms with Crippen molar-refractivity contribution in [2.45, 2.75) is 36.8 Å². The molecule has 2 amide bonds. The number of carbonyl (C=O) groups excluding carboxylic acids is 2. The number of piperidine rings is 1. The monoisotopic (exact) mass is 506 g/mol. The minimum Gasteiger partial charge on any atom is -0.361 e. The SMILES string of the molecule is Cc1noc(C)c1CSc1nc2ccc(NC(=O)C3CCN(C(=O)c4ccccc4)CC3)cc2s1. The van der Waals surface area contributed by atoms with Crippen molar-refractivity contribution in [1.29, 1.82) is 0 Å². The van der Waals surface area contributed by atoms with E-state index >= 15 is 0 Å². The van der Waals surface area contributed by atoms with E-state index in [1.165, 1.54) is 0 Å². The van der Waals surface area contributed by atoms with Gasteiger partial charge in [0.15, 0.2) is 4.34 Å². The number of anilines is 1. The highest BCUT2D eigenvalue weighted by Crippen LogP contribution is 2.34. The standard InChI is InChI=1S/C26H26N4O3S2/c1-16-21(17(2)33-29-16)15-34-26-28-22-9-8-20(14-23(22)35-26)27-24(31)18-10-12-30(13-11-18)25(32)19-6-4-3-5-7-19/h3-9,14,18H,10-13,15H2,1-2H3,(H,27,31). The first-order valence-electron chi connectivity index (χ1n) is 11.6. The van der Waals surface area contributed by atoms with Crippen LogP contribution in [0.4, 0.5) is 5.69 Å². The normalized spacial score (nSPS) is 14.4. The van der Waals surface area contributed by atoms with Crippen molar-refractivity contribution in [3.8, 4) is 0 Å². The van der Waals surface area contributed by atoms with Gasteiger partial charge in [-0.3, -0.25) is 9.59 Å². The Labute approximate surface area is 211 Å². The highest BCUT2D eigenvalue weighted by molar-refractivity contribution is 8.00. The molecule has 2 aromatic carbocycles. The van der Waals surface area contributed by atoms with Crippen molar-refractivity contribution in [2.75, 3.05) is 18.4 Å². The van der Waals surface area contributed by atoms with E-state index in [4.69, 9.17) is 9.51 Å². The first-order chi connectivity index (χ1) is 17.0. The number of aromatic nitrogens is 2. The third-order valence-electron chi connectivity index (χ3n) is 6.33. The second-order valence-corrected chi connectivity index (χ2v) is 10.9. The lowest BCUT2D eigenvalue weighted by atomic mass is 9.95. The average molecular weight is 507 g/mol. The van der Waals surface area contributed by atoms with Gasteiger partial charge in [0.2, 0.25) is 5.91 Å². The van der Waals surface area contributed by atoms with Gasteiger partial charge in [-0.15, -0.1) is 11.3 Å². The van der Waals surface area contributed by atoms with Gasteiger partial charge in [-0.25, -0.2) is 4.98 Å². The summed E-state index contributed by atoms with van der Waals surface area (Å²) < 4.78 is 7.25. The Hall–Kier alpha value is -3.17. The van der Waals surface area contributed by atoms with Crippen molar-refractivity contribution in [3.63, 3.8) is 0 Å². The van der Waals surface area contributed by atoms with Gasteiger partial charge < -0.3 is 14.7 Å². The number of thiazole rings is 1. The van der Waals surface area contributed by atoms with Crippen LogP contribution in [0.3, 0.4) is 0 Å². The number of benzene rings is 2. The number of nitrogens with zero attached hydrogens (tertiary/aromatic N) is 3. The summed E-state index contributed by atoms with van der Waals surface area (Å²) >= 11 is 3.28. The van der Waals surface area contributed by atoms with Gasteiger partial charge in [0.1, 0.15) is 5.76 Å². The summed E-state index contributed by atoms with van der Waals surface area (Å²) in [7, 11) is 0. The molecule has 1 aliphatic heterocycles. The molecule has 4 aromatic rings. The number of amides is 2. The zero-order chi connectivity index (χ0) is 24.4. The molecule has 0 atom stereocenters.